The van der Waals surface area contributed by atoms with E-state index in [-0.39, 0.29) is 21.5 Å². The van der Waals surface area contributed by atoms with Crippen LogP contribution in [0.1, 0.15) is 15.9 Å². The molecular weight excluding hydrogens is 416 g/mol. The standard InChI is InChI=1S/C18H13BrN4O4/c19-16-10-15(23(26)27)9-13(17(16)24)11-20-21-18(25)12-3-5-14(6-4-12)22-7-1-2-8-22/h1-11,24H,(H,21,25)/b20-11+. The molecular formula is C18H13BrN4O4. The predicted octanol–water partition coefficient (Wildman–Crippen LogP) is 3.62. The number of nitrogens with zero attached hydrogens (tertiary/aromatic N) is 3. The molecule has 2 N–H and O–H groups in total. The van der Waals surface area contributed by atoms with Crippen LogP contribution in [0.5, 0.6) is 5.75 Å². The Morgan fingerprint density at radius 2 is 1.89 bits per heavy atom. The number of hydrogen-bond donors (Lipinski definition) is 2. The van der Waals surface area contributed by atoms with Crippen LogP contribution in [-0.4, -0.2) is 26.7 Å². The van der Waals surface area contributed by atoms with Crippen LogP contribution in [0.25, 0.3) is 5.69 Å². The van der Waals surface area contributed by atoms with Gasteiger partial charge in [0.2, 0.25) is 0 Å². The summed E-state index contributed by atoms with van der Waals surface area (Å²) in [5, 5.41) is 24.6. The van der Waals surface area contributed by atoms with Gasteiger partial charge in [-0.3, -0.25) is 14.9 Å². The number of phenolic OH excluding ortho intramolecular Hbond substituents is 1. The topological polar surface area (TPSA) is 110 Å². The highest BCUT2D eigenvalue weighted by Gasteiger charge is 2.13. The van der Waals surface area contributed by atoms with Crippen molar-refractivity contribution in [2.45, 2.75) is 0 Å². The van der Waals surface area contributed by atoms with Gasteiger partial charge in [-0.2, -0.15) is 5.10 Å². The largest absolute Gasteiger partial charge is 0.506 e. The van der Waals surface area contributed by atoms with Crippen LogP contribution in [0.15, 0.2) is 70.5 Å². The fourth-order valence-corrected chi connectivity index (χ4v) is 2.79. The first-order chi connectivity index (χ1) is 13.0. The quantitative estimate of drug-likeness (QED) is 0.367. The second-order valence-corrected chi connectivity index (χ2v) is 6.31. The third-order valence-corrected chi connectivity index (χ3v) is 4.29. The number of amides is 1. The SMILES string of the molecule is O=C(N/N=C/c1cc([N+](=O)[O-])cc(Br)c1O)c1ccc(-n2cccc2)cc1. The second kappa shape index (κ2) is 7.83. The van der Waals surface area contributed by atoms with E-state index in [2.05, 4.69) is 26.5 Å². The molecule has 1 aromatic heterocycles. The van der Waals surface area contributed by atoms with Crippen LogP contribution in [-0.2, 0) is 0 Å². The number of aromatic nitrogens is 1. The predicted molar refractivity (Wildman–Crippen MR) is 103 cm³/mol. The number of nitrogens with one attached hydrogen (secondary N) is 1. The van der Waals surface area contributed by atoms with Gasteiger partial charge >= 0.3 is 0 Å². The number of benzene rings is 2. The van der Waals surface area contributed by atoms with Gasteiger partial charge in [-0.05, 0) is 52.3 Å². The molecule has 0 spiro atoms. The zero-order valence-electron chi connectivity index (χ0n) is 13.7. The molecule has 0 atom stereocenters. The number of non-ortho nitro benzene ring substituents is 1. The highest BCUT2D eigenvalue weighted by Crippen LogP contribution is 2.31. The molecule has 0 aliphatic carbocycles. The summed E-state index contributed by atoms with van der Waals surface area (Å²) in [5.41, 5.74) is 3.51. The average molecular weight is 429 g/mol. The van der Waals surface area contributed by atoms with Crippen molar-refractivity contribution in [1.82, 2.24) is 9.99 Å². The summed E-state index contributed by atoms with van der Waals surface area (Å²) in [6, 6.07) is 13.0. The van der Waals surface area contributed by atoms with Gasteiger partial charge in [0.05, 0.1) is 15.6 Å². The van der Waals surface area contributed by atoms with Crippen molar-refractivity contribution in [3.8, 4) is 11.4 Å². The molecule has 8 nitrogen and oxygen atoms in total. The first-order valence-corrected chi connectivity index (χ1v) is 8.49. The summed E-state index contributed by atoms with van der Waals surface area (Å²) in [6.07, 6.45) is 4.92. The highest BCUT2D eigenvalue weighted by atomic mass is 79.9. The summed E-state index contributed by atoms with van der Waals surface area (Å²) in [7, 11) is 0. The zero-order chi connectivity index (χ0) is 19.4. The summed E-state index contributed by atoms with van der Waals surface area (Å²) in [4.78, 5) is 22.4. The maximum absolute atomic E-state index is 12.1. The minimum absolute atomic E-state index is 0.0966. The number of phenols is 1. The average Bonchev–Trinajstić information content (AvgIpc) is 3.19. The smallest absolute Gasteiger partial charge is 0.271 e. The number of rotatable bonds is 5. The Labute approximate surface area is 162 Å². The second-order valence-electron chi connectivity index (χ2n) is 5.46. The molecule has 2 aromatic carbocycles. The van der Waals surface area contributed by atoms with Crippen molar-refractivity contribution >= 4 is 33.7 Å². The van der Waals surface area contributed by atoms with Gasteiger partial charge in [-0.1, -0.05) is 0 Å². The monoisotopic (exact) mass is 428 g/mol. The number of hydrogen-bond acceptors (Lipinski definition) is 5. The third kappa shape index (κ3) is 4.21. The Kier molecular flexibility index (Phi) is 5.32. The van der Waals surface area contributed by atoms with E-state index in [0.29, 0.717) is 5.56 Å². The number of nitro benzene ring substituents is 1. The van der Waals surface area contributed by atoms with E-state index in [1.54, 1.807) is 24.3 Å². The molecule has 0 unspecified atom stereocenters. The molecule has 3 aromatic rings. The lowest BCUT2D eigenvalue weighted by atomic mass is 10.2. The van der Waals surface area contributed by atoms with Crippen molar-refractivity contribution in [3.05, 3.63) is 86.6 Å². The van der Waals surface area contributed by atoms with E-state index in [9.17, 15) is 20.0 Å². The van der Waals surface area contributed by atoms with Crippen molar-refractivity contribution < 1.29 is 14.8 Å². The highest BCUT2D eigenvalue weighted by molar-refractivity contribution is 9.10. The van der Waals surface area contributed by atoms with E-state index in [1.165, 1.54) is 6.07 Å². The van der Waals surface area contributed by atoms with E-state index < -0.39 is 10.8 Å². The Morgan fingerprint density at radius 3 is 2.52 bits per heavy atom. The van der Waals surface area contributed by atoms with Crippen molar-refractivity contribution in [2.24, 2.45) is 5.10 Å². The first-order valence-electron chi connectivity index (χ1n) is 7.69. The lowest BCUT2D eigenvalue weighted by Crippen LogP contribution is -2.17. The summed E-state index contributed by atoms with van der Waals surface area (Å²) < 4.78 is 2.06. The zero-order valence-corrected chi connectivity index (χ0v) is 15.3. The minimum Gasteiger partial charge on any atom is -0.506 e. The first kappa shape index (κ1) is 18.3. The number of halogens is 1. The molecule has 0 aliphatic heterocycles. The van der Waals surface area contributed by atoms with Crippen LogP contribution in [0.4, 0.5) is 5.69 Å². The molecule has 0 bridgehead atoms. The lowest BCUT2D eigenvalue weighted by molar-refractivity contribution is -0.385. The number of nitro groups is 1. The lowest BCUT2D eigenvalue weighted by Gasteiger charge is -2.05. The molecule has 0 saturated heterocycles. The molecule has 9 heteroatoms. The molecule has 1 heterocycles. The van der Waals surface area contributed by atoms with Crippen LogP contribution in [0.3, 0.4) is 0 Å². The fourth-order valence-electron chi connectivity index (χ4n) is 2.33. The molecule has 0 aliphatic rings. The Hall–Kier alpha value is -3.46. The molecule has 0 saturated carbocycles. The maximum atomic E-state index is 12.1. The molecule has 0 fully saturated rings. The van der Waals surface area contributed by atoms with E-state index >= 15 is 0 Å². The Balaban J connectivity index is 1.71. The molecule has 0 radical (unpaired) electrons. The van der Waals surface area contributed by atoms with E-state index in [4.69, 9.17) is 0 Å². The van der Waals surface area contributed by atoms with Gasteiger partial charge in [0.15, 0.2) is 0 Å². The van der Waals surface area contributed by atoms with E-state index in [0.717, 1.165) is 18.0 Å². The number of aromatic hydroxyl groups is 1. The van der Waals surface area contributed by atoms with Gasteiger partial charge < -0.3 is 9.67 Å². The van der Waals surface area contributed by atoms with Gasteiger partial charge in [0, 0.05) is 41.3 Å². The van der Waals surface area contributed by atoms with Gasteiger partial charge in [-0.25, -0.2) is 5.43 Å². The fraction of sp³-hybridized carbons (Fsp3) is 0. The molecule has 136 valence electrons. The molecule has 27 heavy (non-hydrogen) atoms. The summed E-state index contributed by atoms with van der Waals surface area (Å²) in [6.45, 7) is 0. The van der Waals surface area contributed by atoms with Gasteiger partial charge in [0.1, 0.15) is 5.75 Å². The maximum Gasteiger partial charge on any atom is 0.271 e. The van der Waals surface area contributed by atoms with Crippen molar-refractivity contribution in [1.29, 1.82) is 0 Å². The van der Waals surface area contributed by atoms with Crippen LogP contribution in [0, 0.1) is 10.1 Å². The van der Waals surface area contributed by atoms with E-state index in [1.807, 2.05) is 29.1 Å². The van der Waals surface area contributed by atoms with Crippen LogP contribution in [0.2, 0.25) is 0 Å². The summed E-state index contributed by atoms with van der Waals surface area (Å²) >= 11 is 3.04. The van der Waals surface area contributed by atoms with Crippen LogP contribution < -0.4 is 5.43 Å². The molecule has 1 amide bonds. The van der Waals surface area contributed by atoms with Crippen molar-refractivity contribution in [2.75, 3.05) is 0 Å². The number of carbonyl (C=O) groups excluding carboxylic acids is 1. The molecule has 3 rings (SSSR count). The van der Waals surface area contributed by atoms with Crippen LogP contribution >= 0.6 is 15.9 Å². The number of carbonyl (C=O) groups is 1. The van der Waals surface area contributed by atoms with Gasteiger partial charge in [-0.15, -0.1) is 0 Å². The van der Waals surface area contributed by atoms with Gasteiger partial charge in [0.25, 0.3) is 11.6 Å². The summed E-state index contributed by atoms with van der Waals surface area (Å²) in [5.74, 6) is -0.663. The van der Waals surface area contributed by atoms with Crippen molar-refractivity contribution in [3.63, 3.8) is 0 Å². The Bertz CT molecular complexity index is 1010. The number of hydrazone groups is 1. The minimum atomic E-state index is -0.591. The Morgan fingerprint density at radius 1 is 1.22 bits per heavy atom. The normalized spacial score (nSPS) is 10.9. The third-order valence-electron chi connectivity index (χ3n) is 3.69.